The van der Waals surface area contributed by atoms with Crippen LogP contribution in [-0.2, 0) is 0 Å². The van der Waals surface area contributed by atoms with Crippen molar-refractivity contribution in [3.8, 4) is 0 Å². The van der Waals surface area contributed by atoms with Gasteiger partial charge < -0.3 is 0 Å². The van der Waals surface area contributed by atoms with E-state index >= 15 is 0 Å². The first kappa shape index (κ1) is 9.78. The van der Waals surface area contributed by atoms with E-state index in [-0.39, 0.29) is 0 Å². The summed E-state index contributed by atoms with van der Waals surface area (Å²) >= 11 is 0.644. The molecule has 0 bridgehead atoms. The molecule has 0 radical (unpaired) electrons. The van der Waals surface area contributed by atoms with Crippen molar-refractivity contribution in [1.29, 1.82) is 0 Å². The topological polar surface area (TPSA) is 3.24 Å². The van der Waals surface area contributed by atoms with Crippen molar-refractivity contribution in [3.05, 3.63) is 35.9 Å². The van der Waals surface area contributed by atoms with Crippen LogP contribution in [-0.4, -0.2) is 34.0 Å². The van der Waals surface area contributed by atoms with E-state index in [1.165, 1.54) is 5.56 Å². The third-order valence-corrected chi connectivity index (χ3v) is 4.17. The van der Waals surface area contributed by atoms with Gasteiger partial charge in [-0.1, -0.05) is 0 Å². The van der Waals surface area contributed by atoms with Crippen molar-refractivity contribution in [2.45, 2.75) is 10.8 Å². The van der Waals surface area contributed by atoms with Crippen LogP contribution in [0, 0.1) is 0 Å². The molecule has 1 nitrogen and oxygen atoms in total. The Morgan fingerprint density at radius 2 is 1.75 bits per heavy atom. The van der Waals surface area contributed by atoms with Gasteiger partial charge in [-0.15, -0.1) is 0 Å². The molecule has 0 aliphatic rings. The summed E-state index contributed by atoms with van der Waals surface area (Å²) in [4.78, 5) is 2.91. The summed E-state index contributed by atoms with van der Waals surface area (Å²) in [5.74, 6) is 2.28. The third-order valence-electron chi connectivity index (χ3n) is 1.78. The molecule has 0 aliphatic heterocycles. The fourth-order valence-corrected chi connectivity index (χ4v) is 3.05. The fourth-order valence-electron chi connectivity index (χ4n) is 1.26. The Labute approximate surface area is 80.9 Å². The zero-order valence-electron chi connectivity index (χ0n) is 7.82. The first-order valence-electron chi connectivity index (χ1n) is 4.00. The van der Waals surface area contributed by atoms with Gasteiger partial charge in [0.25, 0.3) is 0 Å². The quantitative estimate of drug-likeness (QED) is 0.715. The Morgan fingerprint density at radius 3 is 2.17 bits per heavy atom. The van der Waals surface area contributed by atoms with Crippen molar-refractivity contribution < 1.29 is 0 Å². The van der Waals surface area contributed by atoms with E-state index in [4.69, 9.17) is 0 Å². The minimum atomic E-state index is 0.624. The van der Waals surface area contributed by atoms with Gasteiger partial charge >= 0.3 is 80.6 Å². The Morgan fingerprint density at radius 1 is 1.17 bits per heavy atom. The van der Waals surface area contributed by atoms with Crippen molar-refractivity contribution >= 4 is 15.0 Å². The second kappa shape index (κ2) is 4.66. The number of nitrogens with zero attached hydrogens (tertiary/aromatic N) is 1. The van der Waals surface area contributed by atoms with Gasteiger partial charge in [-0.25, -0.2) is 0 Å². The predicted octanol–water partition coefficient (Wildman–Crippen LogP) is 2.00. The summed E-state index contributed by atoms with van der Waals surface area (Å²) in [7, 11) is 4.28. The van der Waals surface area contributed by atoms with Gasteiger partial charge in [0.1, 0.15) is 0 Å². The molecule has 0 amide bonds. The van der Waals surface area contributed by atoms with E-state index < -0.39 is 0 Å². The second-order valence-electron chi connectivity index (χ2n) is 2.96. The first-order chi connectivity index (χ1) is 5.75. The molecule has 0 spiro atoms. The van der Waals surface area contributed by atoms with Crippen molar-refractivity contribution in [2.75, 3.05) is 14.1 Å². The Bertz CT molecular complexity index is 221. The summed E-state index contributed by atoms with van der Waals surface area (Å²) in [5, 5.41) is 0. The molecule has 0 heterocycles. The van der Waals surface area contributed by atoms with Crippen LogP contribution in [0.1, 0.15) is 10.5 Å². The fraction of sp³-hybridized carbons (Fsp3) is 0.400. The molecule has 2 heteroatoms. The Kier molecular flexibility index (Phi) is 3.80. The molecule has 0 fully saturated rings. The van der Waals surface area contributed by atoms with Crippen molar-refractivity contribution in [2.24, 2.45) is 0 Å². The first-order valence-corrected chi connectivity index (χ1v) is 6.70. The van der Waals surface area contributed by atoms with E-state index in [9.17, 15) is 0 Å². The van der Waals surface area contributed by atoms with Gasteiger partial charge in [0.15, 0.2) is 0 Å². The van der Waals surface area contributed by atoms with Gasteiger partial charge in [-0.2, -0.15) is 0 Å². The molecule has 0 aromatic heterocycles. The van der Waals surface area contributed by atoms with E-state index in [1.807, 2.05) is 0 Å². The molecule has 1 rings (SSSR count). The number of hydrogen-bond acceptors (Lipinski definition) is 1. The molecule has 1 atom stereocenters. The third kappa shape index (κ3) is 2.34. The second-order valence-corrected chi connectivity index (χ2v) is 4.89. The van der Waals surface area contributed by atoms with E-state index in [0.717, 1.165) is 0 Å². The van der Waals surface area contributed by atoms with Crippen LogP contribution >= 0.6 is 0 Å². The van der Waals surface area contributed by atoms with Crippen LogP contribution in [0.4, 0.5) is 0 Å². The maximum atomic E-state index is 2.29. The van der Waals surface area contributed by atoms with Gasteiger partial charge in [0.2, 0.25) is 0 Å². The molecule has 0 N–H and O–H groups in total. The molecule has 1 aromatic rings. The molecular formula is C10H15NSe. The number of hydrogen-bond donors (Lipinski definition) is 0. The van der Waals surface area contributed by atoms with Crippen LogP contribution in [0.3, 0.4) is 0 Å². The van der Waals surface area contributed by atoms with Gasteiger partial charge in [0, 0.05) is 0 Å². The van der Waals surface area contributed by atoms with Gasteiger partial charge in [-0.05, 0) is 0 Å². The normalized spacial score (nSPS) is 13.3. The molecule has 0 saturated carbocycles. The van der Waals surface area contributed by atoms with Crippen LogP contribution in [0.2, 0.25) is 5.82 Å². The predicted molar refractivity (Wildman–Crippen MR) is 54.5 cm³/mol. The van der Waals surface area contributed by atoms with Crippen LogP contribution in [0.5, 0.6) is 0 Å². The molecule has 1 aromatic carbocycles. The summed E-state index contributed by atoms with van der Waals surface area (Å²) in [5.41, 5.74) is 1.44. The van der Waals surface area contributed by atoms with Crippen LogP contribution in [0.25, 0.3) is 0 Å². The minimum absolute atomic E-state index is 0.624. The van der Waals surface area contributed by atoms with Crippen molar-refractivity contribution in [3.63, 3.8) is 0 Å². The summed E-state index contributed by atoms with van der Waals surface area (Å²) in [6.45, 7) is 0. The molecule has 0 aliphatic carbocycles. The maximum absolute atomic E-state index is 2.29. The summed E-state index contributed by atoms with van der Waals surface area (Å²) in [6.07, 6.45) is 0. The SMILES string of the molecule is C[Se]C(c1ccccc1)N(C)C. The standard InChI is InChI=1S/C10H15NSe/c1-11(2)10(12-3)9-7-5-4-6-8-9/h4-8,10H,1-3H3. The zero-order valence-corrected chi connectivity index (χ0v) is 9.53. The molecule has 12 heavy (non-hydrogen) atoms. The molecule has 66 valence electrons. The summed E-state index contributed by atoms with van der Waals surface area (Å²) < 4.78 is 0. The Hall–Kier alpha value is -0.301. The molecule has 0 saturated heterocycles. The van der Waals surface area contributed by atoms with E-state index in [2.05, 4.69) is 55.1 Å². The van der Waals surface area contributed by atoms with E-state index in [0.29, 0.717) is 19.9 Å². The van der Waals surface area contributed by atoms with E-state index in [1.54, 1.807) is 0 Å². The van der Waals surface area contributed by atoms with Crippen molar-refractivity contribution in [1.82, 2.24) is 4.90 Å². The average Bonchev–Trinajstić information content (AvgIpc) is 2.07. The average molecular weight is 228 g/mol. The monoisotopic (exact) mass is 229 g/mol. The summed E-state index contributed by atoms with van der Waals surface area (Å²) in [6, 6.07) is 10.7. The van der Waals surface area contributed by atoms with Gasteiger partial charge in [0.05, 0.1) is 0 Å². The molecule has 1 unspecified atom stereocenters. The van der Waals surface area contributed by atoms with Crippen LogP contribution in [0.15, 0.2) is 30.3 Å². The van der Waals surface area contributed by atoms with Crippen LogP contribution < -0.4 is 0 Å². The van der Waals surface area contributed by atoms with Gasteiger partial charge in [-0.3, -0.25) is 0 Å². The zero-order chi connectivity index (χ0) is 8.97. The Balaban J connectivity index is 2.80. The number of benzene rings is 1. The number of rotatable bonds is 3. The molecular weight excluding hydrogens is 213 g/mol.